The van der Waals surface area contributed by atoms with E-state index in [0.717, 1.165) is 12.8 Å². The van der Waals surface area contributed by atoms with Gasteiger partial charge < -0.3 is 22.2 Å². The number of hydrogen-bond acceptors (Lipinski definition) is 2. The lowest BCUT2D eigenvalue weighted by Gasteiger charge is -2.38. The summed E-state index contributed by atoms with van der Waals surface area (Å²) in [7, 11) is -6.00. The van der Waals surface area contributed by atoms with Crippen molar-refractivity contribution in [1.82, 2.24) is 0 Å². The van der Waals surface area contributed by atoms with Crippen LogP contribution in [0, 0.1) is 12.3 Å². The van der Waals surface area contributed by atoms with Gasteiger partial charge in [0.25, 0.3) is 0 Å². The van der Waals surface area contributed by atoms with E-state index in [1.807, 2.05) is 18.2 Å². The van der Waals surface area contributed by atoms with Crippen molar-refractivity contribution < 1.29 is 17.3 Å². The summed E-state index contributed by atoms with van der Waals surface area (Å²) in [6, 6.07) is 39.4. The van der Waals surface area contributed by atoms with E-state index in [1.165, 1.54) is 51.3 Å². The fourth-order valence-corrected chi connectivity index (χ4v) is 4.85. The van der Waals surface area contributed by atoms with Crippen molar-refractivity contribution in [2.24, 2.45) is 0 Å². The molecule has 0 N–H and O–H groups in total. The first-order chi connectivity index (χ1) is 20.2. The van der Waals surface area contributed by atoms with Gasteiger partial charge in [0.15, 0.2) is 4.98 Å². The van der Waals surface area contributed by atoms with Crippen molar-refractivity contribution in [2.75, 3.05) is 4.90 Å². The van der Waals surface area contributed by atoms with Gasteiger partial charge in [0.2, 0.25) is 5.39 Å². The van der Waals surface area contributed by atoms with Crippen molar-refractivity contribution in [3.05, 3.63) is 160 Å². The molecular formula is C34H30BF4N3. The molecule has 1 heterocycles. The molecule has 0 unspecified atom stereocenters. The number of benzene rings is 4. The molecule has 6 rings (SSSR count). The Morgan fingerprint density at radius 2 is 1.21 bits per heavy atom. The molecule has 0 spiro atoms. The van der Waals surface area contributed by atoms with E-state index in [1.54, 1.807) is 12.1 Å². The zero-order chi connectivity index (χ0) is 30.0. The monoisotopic (exact) mass is 567 g/mol. The Labute approximate surface area is 243 Å². The minimum atomic E-state index is -6.00. The number of anilines is 1. The molecule has 0 aromatic heterocycles. The second-order valence-electron chi connectivity index (χ2n) is 9.74. The third kappa shape index (κ3) is 8.31. The molecule has 3 nitrogen and oxygen atoms in total. The number of diazo groups is 1. The van der Waals surface area contributed by atoms with Gasteiger partial charge in [0.1, 0.15) is 0 Å². The van der Waals surface area contributed by atoms with E-state index in [-0.39, 0.29) is 0 Å². The van der Waals surface area contributed by atoms with Gasteiger partial charge in [-0.15, -0.1) is 0 Å². The number of halogens is 4. The number of allylic oxidation sites excluding steroid dienone is 4. The van der Waals surface area contributed by atoms with Crippen molar-refractivity contribution in [3.8, 4) is 0 Å². The highest BCUT2D eigenvalue weighted by atomic mass is 19.5. The number of nitrogens with zero attached hydrogens (tertiary/aromatic N) is 3. The van der Waals surface area contributed by atoms with Crippen LogP contribution in [-0.2, 0) is 0 Å². The molecule has 4 aromatic carbocycles. The lowest BCUT2D eigenvalue weighted by molar-refractivity contribution is 0.368. The molecule has 0 bridgehead atoms. The van der Waals surface area contributed by atoms with Crippen LogP contribution >= 0.6 is 0 Å². The summed E-state index contributed by atoms with van der Waals surface area (Å²) in [5, 5.41) is 8.16. The fraction of sp³-hybridized carbons (Fsp3) is 0.118. The van der Waals surface area contributed by atoms with Crippen molar-refractivity contribution in [2.45, 2.75) is 26.2 Å². The van der Waals surface area contributed by atoms with Crippen LogP contribution in [-0.4, -0.2) is 7.25 Å². The van der Waals surface area contributed by atoms with Crippen LogP contribution in [0.5, 0.6) is 0 Å². The SMILES string of the molecule is Cc1ccc(N2C3=CCCCC3=C(c3ccccc3)C=C2c2ccccc2)cc1.F[B-](F)(F)F.N#[N+]c1ccccc1. The smallest absolute Gasteiger partial charge is 0.418 e. The van der Waals surface area contributed by atoms with Crippen LogP contribution in [0.3, 0.4) is 0 Å². The normalized spacial score (nSPS) is 14.1. The highest BCUT2D eigenvalue weighted by molar-refractivity contribution is 6.50. The number of rotatable bonds is 3. The fourth-order valence-electron chi connectivity index (χ4n) is 4.85. The van der Waals surface area contributed by atoms with Crippen LogP contribution in [0.4, 0.5) is 28.6 Å². The highest BCUT2D eigenvalue weighted by Gasteiger charge is 2.29. The second-order valence-corrected chi connectivity index (χ2v) is 9.74. The first kappa shape index (κ1) is 30.1. The molecule has 8 heteroatoms. The molecule has 0 fully saturated rings. The number of fused-ring (bicyclic) bond motifs is 1. The maximum Gasteiger partial charge on any atom is 0.673 e. The third-order valence-corrected chi connectivity index (χ3v) is 6.68. The summed E-state index contributed by atoms with van der Waals surface area (Å²) in [4.78, 5) is 5.42. The predicted octanol–water partition coefficient (Wildman–Crippen LogP) is 10.8. The topological polar surface area (TPSA) is 31.4 Å². The Kier molecular flexibility index (Phi) is 10.1. The summed E-state index contributed by atoms with van der Waals surface area (Å²) in [6.45, 7) is 2.15. The molecule has 4 aromatic rings. The van der Waals surface area contributed by atoms with Gasteiger partial charge in [0.05, 0.1) is 5.70 Å². The van der Waals surface area contributed by atoms with E-state index in [0.29, 0.717) is 5.69 Å². The predicted molar refractivity (Wildman–Crippen MR) is 165 cm³/mol. The van der Waals surface area contributed by atoms with Gasteiger partial charge in [-0.3, -0.25) is 0 Å². The summed E-state index contributed by atoms with van der Waals surface area (Å²) in [6.07, 6.45) is 8.29. The highest BCUT2D eigenvalue weighted by Crippen LogP contribution is 2.45. The van der Waals surface area contributed by atoms with Gasteiger partial charge in [0, 0.05) is 23.5 Å². The summed E-state index contributed by atoms with van der Waals surface area (Å²) < 4.78 is 39.0. The van der Waals surface area contributed by atoms with Crippen LogP contribution in [0.1, 0.15) is 36.0 Å². The van der Waals surface area contributed by atoms with Gasteiger partial charge >= 0.3 is 12.9 Å². The van der Waals surface area contributed by atoms with E-state index in [2.05, 4.69) is 114 Å². The van der Waals surface area contributed by atoms with E-state index >= 15 is 0 Å². The number of hydrogen-bond donors (Lipinski definition) is 0. The Bertz CT molecular complexity index is 1580. The van der Waals surface area contributed by atoms with E-state index < -0.39 is 7.25 Å². The second kappa shape index (κ2) is 14.1. The minimum absolute atomic E-state index is 0.590. The molecule has 0 amide bonds. The largest absolute Gasteiger partial charge is 0.673 e. The number of aryl methyl sites for hydroxylation is 1. The molecule has 212 valence electrons. The Morgan fingerprint density at radius 1 is 0.690 bits per heavy atom. The average molecular weight is 567 g/mol. The Balaban J connectivity index is 0.000000259. The van der Waals surface area contributed by atoms with Crippen LogP contribution in [0.25, 0.3) is 16.2 Å². The van der Waals surface area contributed by atoms with Crippen LogP contribution in [0.15, 0.2) is 139 Å². The van der Waals surface area contributed by atoms with Gasteiger partial charge in [-0.25, -0.2) is 0 Å². The lowest BCUT2D eigenvalue weighted by Crippen LogP contribution is -2.27. The average Bonchev–Trinajstić information content (AvgIpc) is 3.01. The molecular weight excluding hydrogens is 537 g/mol. The summed E-state index contributed by atoms with van der Waals surface area (Å²) in [5.41, 5.74) is 11.1. The molecule has 0 radical (unpaired) electrons. The first-order valence-electron chi connectivity index (χ1n) is 13.6. The standard InChI is InChI=1S/C28H25N.C6H5N2.BF4/c1-21-16-18-24(19-17-21)29-27-15-9-8-14-25(27)26(22-10-4-2-5-11-22)20-28(29)23-12-6-3-7-13-23;7-8-6-4-2-1-3-5-6;2-1(3,4)5/h2-7,10-13,15-20H,8-9,14H2,1H3;1-5H;/q;+1;-1. The molecule has 2 aliphatic rings. The van der Waals surface area contributed by atoms with Crippen LogP contribution < -0.4 is 4.90 Å². The first-order valence-corrected chi connectivity index (χ1v) is 13.6. The van der Waals surface area contributed by atoms with E-state index in [4.69, 9.17) is 5.39 Å². The summed E-state index contributed by atoms with van der Waals surface area (Å²) >= 11 is 0. The van der Waals surface area contributed by atoms with Gasteiger partial charge in [-0.05, 0) is 66.7 Å². The van der Waals surface area contributed by atoms with Gasteiger partial charge in [-0.1, -0.05) is 103 Å². The molecule has 0 saturated carbocycles. The van der Waals surface area contributed by atoms with Crippen molar-refractivity contribution >= 4 is 29.9 Å². The van der Waals surface area contributed by atoms with E-state index in [9.17, 15) is 17.3 Å². The zero-order valence-corrected chi connectivity index (χ0v) is 23.2. The zero-order valence-electron chi connectivity index (χ0n) is 23.2. The molecule has 1 aliphatic carbocycles. The van der Waals surface area contributed by atoms with Crippen molar-refractivity contribution in [3.63, 3.8) is 0 Å². The maximum absolute atomic E-state index is 9.75. The van der Waals surface area contributed by atoms with Gasteiger partial charge in [-0.2, -0.15) is 0 Å². The Morgan fingerprint density at radius 3 is 1.74 bits per heavy atom. The maximum atomic E-state index is 9.75. The third-order valence-electron chi connectivity index (χ3n) is 6.68. The molecule has 0 saturated heterocycles. The molecule has 1 aliphatic heterocycles. The van der Waals surface area contributed by atoms with Crippen molar-refractivity contribution in [1.29, 1.82) is 5.39 Å². The molecule has 42 heavy (non-hydrogen) atoms. The molecule has 0 atom stereocenters. The Hall–Kier alpha value is -4.90. The quantitative estimate of drug-likeness (QED) is 0.140. The van der Waals surface area contributed by atoms with Crippen LogP contribution in [0.2, 0.25) is 0 Å². The summed E-state index contributed by atoms with van der Waals surface area (Å²) in [5.74, 6) is 0. The lowest BCUT2D eigenvalue weighted by atomic mass is 9.85. The minimum Gasteiger partial charge on any atom is -0.418 e.